The maximum absolute atomic E-state index is 5.52. The topological polar surface area (TPSA) is 43.1 Å². The summed E-state index contributed by atoms with van der Waals surface area (Å²) in [5, 5.41) is 7.85. The monoisotopic (exact) mass is 778 g/mol. The molecule has 4 nitrogen and oxygen atoms in total. The average Bonchev–Trinajstić information content (AvgIpc) is 3.76. The van der Waals surface area contributed by atoms with Crippen molar-refractivity contribution >= 4 is 16.3 Å². The number of hydrogen-bond acceptors (Lipinski definition) is 3. The van der Waals surface area contributed by atoms with E-state index in [0.717, 1.165) is 94.9 Å². The molecule has 0 saturated carbocycles. The molecule has 0 aliphatic heterocycles. The van der Waals surface area contributed by atoms with Gasteiger partial charge in [-0.3, -0.25) is 0 Å². The van der Waals surface area contributed by atoms with Crippen molar-refractivity contribution in [1.29, 1.82) is 0 Å². The maximum Gasteiger partial charge on any atom is 0.160 e. The minimum Gasteiger partial charge on any atom is -0.231 e. The fourth-order valence-corrected chi connectivity index (χ4v) is 8.53. The van der Waals surface area contributed by atoms with E-state index in [4.69, 9.17) is 15.1 Å². The Kier molecular flexibility index (Phi) is 9.14. The van der Waals surface area contributed by atoms with Crippen LogP contribution in [0.5, 0.6) is 0 Å². The molecule has 8 aromatic carbocycles. The molecule has 0 amide bonds. The molecular formula is C57H38N4. The first-order valence-electron chi connectivity index (χ1n) is 20.6. The molecule has 11 aromatic rings. The number of fused-ring (bicyclic) bond motifs is 3. The van der Waals surface area contributed by atoms with Crippen molar-refractivity contribution in [3.8, 4) is 89.8 Å². The third-order valence-electron chi connectivity index (χ3n) is 11.5. The lowest BCUT2D eigenvalue weighted by atomic mass is 9.90. The molecule has 4 heteroatoms. The summed E-state index contributed by atoms with van der Waals surface area (Å²) < 4.78 is 2.20. The Balaban J connectivity index is 1.04. The summed E-state index contributed by atoms with van der Waals surface area (Å²) in [7, 11) is 0. The van der Waals surface area contributed by atoms with Gasteiger partial charge in [0, 0.05) is 44.3 Å². The molecule has 0 atom stereocenters. The number of aromatic nitrogens is 4. The molecule has 0 spiro atoms. The first-order valence-corrected chi connectivity index (χ1v) is 20.6. The van der Waals surface area contributed by atoms with Crippen LogP contribution in [0, 0.1) is 0 Å². The van der Waals surface area contributed by atoms with Gasteiger partial charge >= 0.3 is 0 Å². The first-order chi connectivity index (χ1) is 30.3. The fourth-order valence-electron chi connectivity index (χ4n) is 8.53. The van der Waals surface area contributed by atoms with Gasteiger partial charge in [-0.05, 0) is 33.7 Å². The summed E-state index contributed by atoms with van der Waals surface area (Å²) in [4.78, 5) is 10.0. The molecule has 0 bridgehead atoms. The Labute approximate surface area is 354 Å². The van der Waals surface area contributed by atoms with Crippen LogP contribution in [-0.4, -0.2) is 19.6 Å². The lowest BCUT2D eigenvalue weighted by Crippen LogP contribution is -2.00. The van der Waals surface area contributed by atoms with Gasteiger partial charge in [0.15, 0.2) is 5.82 Å². The summed E-state index contributed by atoms with van der Waals surface area (Å²) >= 11 is 0. The van der Waals surface area contributed by atoms with Crippen LogP contribution in [0.25, 0.3) is 106 Å². The Morgan fingerprint density at radius 1 is 0.295 bits per heavy atom. The van der Waals surface area contributed by atoms with Crippen LogP contribution in [-0.2, 0) is 0 Å². The molecule has 11 rings (SSSR count). The summed E-state index contributed by atoms with van der Waals surface area (Å²) in [5.74, 6) is 0.708. The molecule has 0 unspecified atom stereocenters. The van der Waals surface area contributed by atoms with Crippen molar-refractivity contribution in [1.82, 2.24) is 19.6 Å². The van der Waals surface area contributed by atoms with Gasteiger partial charge in [0.05, 0.1) is 22.6 Å². The smallest absolute Gasteiger partial charge is 0.160 e. The number of rotatable bonds is 8. The second-order valence-electron chi connectivity index (χ2n) is 15.2. The zero-order chi connectivity index (χ0) is 40.5. The van der Waals surface area contributed by atoms with Crippen LogP contribution in [0.4, 0.5) is 0 Å². The van der Waals surface area contributed by atoms with Crippen LogP contribution in [0.2, 0.25) is 0 Å². The molecular weight excluding hydrogens is 741 g/mol. The highest BCUT2D eigenvalue weighted by molar-refractivity contribution is 6.14. The van der Waals surface area contributed by atoms with Gasteiger partial charge in [-0.1, -0.05) is 224 Å². The minimum absolute atomic E-state index is 0.708. The van der Waals surface area contributed by atoms with Crippen LogP contribution >= 0.6 is 0 Å². The van der Waals surface area contributed by atoms with Crippen molar-refractivity contribution in [3.05, 3.63) is 231 Å². The molecule has 286 valence electrons. The fraction of sp³-hybridized carbons (Fsp3) is 0. The molecule has 3 aromatic heterocycles. The number of benzene rings is 8. The van der Waals surface area contributed by atoms with E-state index < -0.39 is 0 Å². The molecule has 0 saturated heterocycles. The summed E-state index contributed by atoms with van der Waals surface area (Å²) in [6, 6.07) is 80.9. The van der Waals surface area contributed by atoms with Gasteiger partial charge < -0.3 is 0 Å². The summed E-state index contributed by atoms with van der Waals surface area (Å²) in [6.45, 7) is 0. The highest BCUT2D eigenvalue weighted by Crippen LogP contribution is 2.46. The van der Waals surface area contributed by atoms with E-state index in [9.17, 15) is 0 Å². The number of pyridine rings is 1. The Bertz CT molecular complexity index is 3230. The Hall–Kier alpha value is -8.21. The number of hydrogen-bond donors (Lipinski definition) is 0. The average molecular weight is 779 g/mol. The molecule has 0 aliphatic carbocycles. The molecule has 61 heavy (non-hydrogen) atoms. The normalized spacial score (nSPS) is 11.3. The zero-order valence-electron chi connectivity index (χ0n) is 33.2. The van der Waals surface area contributed by atoms with Crippen LogP contribution in [0.15, 0.2) is 231 Å². The van der Waals surface area contributed by atoms with Crippen molar-refractivity contribution in [2.75, 3.05) is 0 Å². The van der Waals surface area contributed by atoms with Crippen molar-refractivity contribution in [3.63, 3.8) is 0 Å². The van der Waals surface area contributed by atoms with Gasteiger partial charge in [0.25, 0.3) is 0 Å². The highest BCUT2D eigenvalue weighted by Gasteiger charge is 2.25. The highest BCUT2D eigenvalue weighted by atomic mass is 15.2. The van der Waals surface area contributed by atoms with Gasteiger partial charge in [-0.15, -0.1) is 0 Å². The van der Waals surface area contributed by atoms with Crippen molar-refractivity contribution in [2.45, 2.75) is 0 Å². The van der Waals surface area contributed by atoms with Crippen LogP contribution in [0.3, 0.4) is 0 Å². The van der Waals surface area contributed by atoms with E-state index in [1.165, 1.54) is 5.39 Å². The molecule has 0 radical (unpaired) electrons. The van der Waals surface area contributed by atoms with E-state index in [1.54, 1.807) is 0 Å². The third-order valence-corrected chi connectivity index (χ3v) is 11.5. The Morgan fingerprint density at radius 3 is 1.25 bits per heavy atom. The van der Waals surface area contributed by atoms with E-state index in [-0.39, 0.29) is 0 Å². The standard InChI is InChI=1S/C57H38N4/c1-6-18-41(19-7-1)50-38-51(59-57(58-50)47-26-14-5-15-27-47)42-34-30-39(31-35-42)40-32-36-44(37-33-40)52-48-28-16-17-29-49(48)56-53(43-20-8-2-9-21-43)54(45-22-10-3-11-23-45)60-61(56)55(52)46-24-12-4-13-25-46/h1-38H. The van der Waals surface area contributed by atoms with E-state index >= 15 is 0 Å². The van der Waals surface area contributed by atoms with Gasteiger partial charge in [0.2, 0.25) is 0 Å². The molecule has 0 aliphatic rings. The van der Waals surface area contributed by atoms with E-state index in [2.05, 4.69) is 199 Å². The molecule has 0 N–H and O–H groups in total. The van der Waals surface area contributed by atoms with E-state index in [0.29, 0.717) is 5.82 Å². The quantitative estimate of drug-likeness (QED) is 0.154. The summed E-state index contributed by atoms with van der Waals surface area (Å²) in [5.41, 5.74) is 16.9. The maximum atomic E-state index is 5.52. The molecule has 0 fully saturated rings. The van der Waals surface area contributed by atoms with Gasteiger partial charge in [-0.2, -0.15) is 5.10 Å². The third kappa shape index (κ3) is 6.67. The molecule has 3 heterocycles. The summed E-state index contributed by atoms with van der Waals surface area (Å²) in [6.07, 6.45) is 0. The lowest BCUT2D eigenvalue weighted by molar-refractivity contribution is 0.981. The van der Waals surface area contributed by atoms with Gasteiger partial charge in [-0.25, -0.2) is 14.5 Å². The van der Waals surface area contributed by atoms with Crippen LogP contribution < -0.4 is 0 Å². The minimum atomic E-state index is 0.708. The SMILES string of the molecule is c1ccc(-c2cc(-c3ccc(-c4ccc(-c5c(-c6ccccc6)n6nc(-c7ccccc7)c(-c7ccccc7)c6c6ccccc56)cc4)cc3)nc(-c3ccccc3)n2)cc1. The van der Waals surface area contributed by atoms with Crippen molar-refractivity contribution in [2.24, 2.45) is 0 Å². The van der Waals surface area contributed by atoms with Gasteiger partial charge in [0.1, 0.15) is 5.69 Å². The van der Waals surface area contributed by atoms with Crippen molar-refractivity contribution < 1.29 is 0 Å². The van der Waals surface area contributed by atoms with Crippen LogP contribution in [0.1, 0.15) is 0 Å². The zero-order valence-corrected chi connectivity index (χ0v) is 33.2. The van der Waals surface area contributed by atoms with E-state index in [1.807, 2.05) is 36.4 Å². The predicted octanol–water partition coefficient (Wildman–Crippen LogP) is 14.6. The second-order valence-corrected chi connectivity index (χ2v) is 15.2. The largest absolute Gasteiger partial charge is 0.231 e. The predicted molar refractivity (Wildman–Crippen MR) is 252 cm³/mol. The Morgan fingerprint density at radius 2 is 0.689 bits per heavy atom. The second kappa shape index (κ2) is 15.5. The lowest BCUT2D eigenvalue weighted by Gasteiger charge is -2.18. The first kappa shape index (κ1) is 35.9. The number of nitrogens with zero attached hydrogens (tertiary/aromatic N) is 4.